The number of esters is 1. The number of hydrogen-bond acceptors (Lipinski definition) is 4. The Hall–Kier alpha value is -0.990. The van der Waals surface area contributed by atoms with Crippen LogP contribution in [-0.2, 0) is 4.74 Å². The summed E-state index contributed by atoms with van der Waals surface area (Å²) in [5.74, 6) is -0.653. The summed E-state index contributed by atoms with van der Waals surface area (Å²) in [5, 5.41) is 0. The van der Waals surface area contributed by atoms with Gasteiger partial charge in [0.2, 0.25) is 0 Å². The van der Waals surface area contributed by atoms with Crippen LogP contribution in [0.2, 0.25) is 0 Å². The van der Waals surface area contributed by atoms with Crippen LogP contribution in [0.25, 0.3) is 0 Å². The van der Waals surface area contributed by atoms with Gasteiger partial charge in [-0.25, -0.2) is 13.6 Å². The van der Waals surface area contributed by atoms with Crippen molar-refractivity contribution < 1.29 is 18.3 Å². The number of alkyl halides is 2. The number of nitrogens with zero attached hydrogens (tertiary/aromatic N) is 1. The monoisotopic (exact) mass is 328 g/mol. The van der Waals surface area contributed by atoms with Gasteiger partial charge >= 0.3 is 5.97 Å². The molecule has 0 aromatic carbocycles. The third-order valence-corrected chi connectivity index (χ3v) is 2.86. The zero-order valence-electron chi connectivity index (χ0n) is 7.63. The Morgan fingerprint density at radius 3 is 2.73 bits per heavy atom. The highest BCUT2D eigenvalue weighted by atomic mass is 127. The first-order chi connectivity index (χ1) is 6.99. The van der Waals surface area contributed by atoms with Crippen molar-refractivity contribution >= 4 is 34.2 Å². The van der Waals surface area contributed by atoms with E-state index in [9.17, 15) is 13.6 Å². The molecule has 1 aromatic rings. The average Bonchev–Trinajstić information content (AvgIpc) is 2.20. The molecule has 0 atom stereocenters. The van der Waals surface area contributed by atoms with Crippen molar-refractivity contribution in [3.63, 3.8) is 0 Å². The molecule has 0 fully saturated rings. The third-order valence-electron chi connectivity index (χ3n) is 1.69. The van der Waals surface area contributed by atoms with Crippen LogP contribution in [-0.4, -0.2) is 18.1 Å². The molecule has 0 spiro atoms. The number of ether oxygens (including phenoxy) is 1. The van der Waals surface area contributed by atoms with Gasteiger partial charge in [-0.15, -0.1) is 0 Å². The molecule has 1 rings (SSSR count). The molecular formula is C8H7F2IN2O2. The summed E-state index contributed by atoms with van der Waals surface area (Å²) in [6.07, 6.45) is -1.73. The van der Waals surface area contributed by atoms with Crippen molar-refractivity contribution in [1.82, 2.24) is 4.98 Å². The Morgan fingerprint density at radius 2 is 2.27 bits per heavy atom. The van der Waals surface area contributed by atoms with E-state index in [1.165, 1.54) is 7.11 Å². The van der Waals surface area contributed by atoms with Crippen LogP contribution < -0.4 is 5.73 Å². The van der Waals surface area contributed by atoms with Gasteiger partial charge in [0.1, 0.15) is 5.69 Å². The van der Waals surface area contributed by atoms with Gasteiger partial charge in [0, 0.05) is 6.20 Å². The second-order valence-electron chi connectivity index (χ2n) is 2.58. The Morgan fingerprint density at radius 1 is 1.67 bits per heavy atom. The minimum Gasteiger partial charge on any atom is -0.465 e. The number of halogens is 3. The molecular weight excluding hydrogens is 321 g/mol. The van der Waals surface area contributed by atoms with E-state index in [2.05, 4.69) is 9.72 Å². The first-order valence-electron chi connectivity index (χ1n) is 3.79. The predicted octanol–water partition coefficient (Wildman–Crippen LogP) is 1.99. The number of carbonyl (C=O) groups is 1. The maximum Gasteiger partial charge on any atom is 0.340 e. The molecule has 1 aromatic heterocycles. The van der Waals surface area contributed by atoms with Crippen LogP contribution in [0.1, 0.15) is 22.5 Å². The molecule has 7 heteroatoms. The highest BCUT2D eigenvalue weighted by Crippen LogP contribution is 2.28. The van der Waals surface area contributed by atoms with Crippen LogP contribution in [0.4, 0.5) is 14.5 Å². The number of pyridine rings is 1. The van der Waals surface area contributed by atoms with Crippen molar-refractivity contribution in [2.45, 2.75) is 6.43 Å². The van der Waals surface area contributed by atoms with Gasteiger partial charge in [0.15, 0.2) is 0 Å². The van der Waals surface area contributed by atoms with E-state index >= 15 is 0 Å². The fourth-order valence-electron chi connectivity index (χ4n) is 0.944. The standard InChI is InChI=1S/C8H7F2IN2O2/c1-15-8(14)3-2-13-6(7(9)10)5(12)4(3)11/h2,7H,12H2,1H3. The number of carbonyl (C=O) groups excluding carboxylic acids is 1. The maximum absolute atomic E-state index is 12.4. The van der Waals surface area contributed by atoms with E-state index in [0.717, 1.165) is 6.20 Å². The molecule has 0 saturated carbocycles. The topological polar surface area (TPSA) is 65.2 Å². The van der Waals surface area contributed by atoms with Gasteiger partial charge in [-0.1, -0.05) is 0 Å². The van der Waals surface area contributed by atoms with Crippen molar-refractivity contribution in [1.29, 1.82) is 0 Å². The van der Waals surface area contributed by atoms with Gasteiger partial charge < -0.3 is 10.5 Å². The van der Waals surface area contributed by atoms with E-state index < -0.39 is 18.1 Å². The largest absolute Gasteiger partial charge is 0.465 e. The van der Waals surface area contributed by atoms with Gasteiger partial charge in [-0.2, -0.15) is 0 Å². The molecule has 0 amide bonds. The number of anilines is 1. The van der Waals surface area contributed by atoms with Gasteiger partial charge in [-0.05, 0) is 22.6 Å². The molecule has 0 aliphatic heterocycles. The first-order valence-corrected chi connectivity index (χ1v) is 4.87. The average molecular weight is 328 g/mol. The molecule has 0 unspecified atom stereocenters. The summed E-state index contributed by atoms with van der Waals surface area (Å²) in [4.78, 5) is 14.6. The maximum atomic E-state index is 12.4. The summed E-state index contributed by atoms with van der Waals surface area (Å²) in [6, 6.07) is 0. The van der Waals surface area contributed by atoms with E-state index in [4.69, 9.17) is 5.73 Å². The van der Waals surface area contributed by atoms with Crippen LogP contribution >= 0.6 is 22.6 Å². The lowest BCUT2D eigenvalue weighted by molar-refractivity contribution is 0.0598. The van der Waals surface area contributed by atoms with E-state index in [1.807, 2.05) is 0 Å². The molecule has 82 valence electrons. The van der Waals surface area contributed by atoms with Crippen molar-refractivity contribution in [2.75, 3.05) is 12.8 Å². The van der Waals surface area contributed by atoms with E-state index in [1.54, 1.807) is 22.6 Å². The van der Waals surface area contributed by atoms with Crippen LogP contribution in [0.15, 0.2) is 6.20 Å². The van der Waals surface area contributed by atoms with Crippen molar-refractivity contribution in [3.8, 4) is 0 Å². The Balaban J connectivity index is 3.27. The third kappa shape index (κ3) is 2.33. The molecule has 15 heavy (non-hydrogen) atoms. The van der Waals surface area contributed by atoms with Crippen LogP contribution in [0.3, 0.4) is 0 Å². The van der Waals surface area contributed by atoms with Crippen LogP contribution in [0.5, 0.6) is 0 Å². The van der Waals surface area contributed by atoms with Gasteiger partial charge in [0.25, 0.3) is 6.43 Å². The fraction of sp³-hybridized carbons (Fsp3) is 0.250. The predicted molar refractivity (Wildman–Crippen MR) is 57.7 cm³/mol. The number of methoxy groups -OCH3 is 1. The Kier molecular flexibility index (Phi) is 3.77. The van der Waals surface area contributed by atoms with E-state index in [-0.39, 0.29) is 14.8 Å². The summed E-state index contributed by atoms with van der Waals surface area (Å²) in [6.45, 7) is 0. The first kappa shape index (κ1) is 12.1. The molecule has 4 nitrogen and oxygen atoms in total. The molecule has 0 aliphatic carbocycles. The molecule has 0 bridgehead atoms. The summed E-state index contributed by atoms with van der Waals surface area (Å²) in [7, 11) is 1.19. The second-order valence-corrected chi connectivity index (χ2v) is 3.66. The number of rotatable bonds is 2. The summed E-state index contributed by atoms with van der Waals surface area (Å²) >= 11 is 1.70. The Bertz CT molecular complexity index is 398. The molecule has 1 heterocycles. The highest BCUT2D eigenvalue weighted by Gasteiger charge is 2.20. The van der Waals surface area contributed by atoms with Gasteiger partial charge in [-0.3, -0.25) is 4.98 Å². The normalized spacial score (nSPS) is 10.5. The number of nitrogen functional groups attached to an aromatic ring is 1. The Labute approximate surface area is 98.0 Å². The van der Waals surface area contributed by atoms with Crippen LogP contribution in [0, 0.1) is 3.57 Å². The second kappa shape index (κ2) is 4.69. The zero-order chi connectivity index (χ0) is 11.6. The highest BCUT2D eigenvalue weighted by molar-refractivity contribution is 14.1. The SMILES string of the molecule is COC(=O)c1cnc(C(F)F)c(N)c1I. The molecule has 0 radical (unpaired) electrons. The van der Waals surface area contributed by atoms with E-state index in [0.29, 0.717) is 0 Å². The molecule has 0 saturated heterocycles. The molecule has 0 aliphatic rings. The lowest BCUT2D eigenvalue weighted by Crippen LogP contribution is -2.10. The zero-order valence-corrected chi connectivity index (χ0v) is 9.79. The summed E-state index contributed by atoms with van der Waals surface area (Å²) in [5.41, 5.74) is 4.79. The lowest BCUT2D eigenvalue weighted by atomic mass is 10.2. The van der Waals surface area contributed by atoms with Gasteiger partial charge in [0.05, 0.1) is 21.9 Å². The smallest absolute Gasteiger partial charge is 0.340 e. The fourth-order valence-corrected chi connectivity index (χ4v) is 1.58. The summed E-state index contributed by atoms with van der Waals surface area (Å²) < 4.78 is 29.4. The van der Waals surface area contributed by atoms with Crippen molar-refractivity contribution in [2.24, 2.45) is 0 Å². The number of aromatic nitrogens is 1. The lowest BCUT2D eigenvalue weighted by Gasteiger charge is -2.08. The van der Waals surface area contributed by atoms with Crippen molar-refractivity contribution in [3.05, 3.63) is 21.0 Å². The quantitative estimate of drug-likeness (QED) is 0.666. The number of nitrogens with two attached hydrogens (primary N) is 1. The minimum absolute atomic E-state index is 0.0833. The molecule has 2 N–H and O–H groups in total. The number of hydrogen-bond donors (Lipinski definition) is 1. The minimum atomic E-state index is -2.76.